The maximum Gasteiger partial charge on any atom is 0.279 e. The van der Waals surface area contributed by atoms with Crippen molar-refractivity contribution in [2.75, 3.05) is 5.32 Å². The fourth-order valence-corrected chi connectivity index (χ4v) is 2.75. The number of halogens is 2. The molecule has 11 heteroatoms. The highest BCUT2D eigenvalue weighted by Crippen LogP contribution is 2.28. The van der Waals surface area contributed by atoms with E-state index in [-0.39, 0.29) is 10.8 Å². The molecule has 0 fully saturated rings. The molecule has 1 atom stereocenters. The third kappa shape index (κ3) is 6.35. The SMILES string of the molecule is C[C@H](Oc1ccc(Br)cc1Cl)C(=O)NNC(=S)Nc1ccc([N+](=O)[O-])cc1. The Morgan fingerprint density at radius 2 is 1.93 bits per heavy atom. The Hall–Kier alpha value is -2.43. The molecular formula is C16H14BrClN4O4S. The molecule has 0 bridgehead atoms. The number of carbonyl (C=O) groups is 1. The third-order valence-electron chi connectivity index (χ3n) is 3.20. The first-order chi connectivity index (χ1) is 12.8. The fourth-order valence-electron chi connectivity index (χ4n) is 1.86. The first-order valence-corrected chi connectivity index (χ1v) is 9.07. The van der Waals surface area contributed by atoms with Crippen LogP contribution in [0.2, 0.25) is 5.02 Å². The lowest BCUT2D eigenvalue weighted by atomic mass is 10.3. The minimum Gasteiger partial charge on any atom is -0.479 e. The molecule has 0 saturated heterocycles. The van der Waals surface area contributed by atoms with E-state index in [9.17, 15) is 14.9 Å². The number of nitro groups is 1. The zero-order valence-electron chi connectivity index (χ0n) is 13.9. The summed E-state index contributed by atoms with van der Waals surface area (Å²) in [5.41, 5.74) is 5.42. The lowest BCUT2D eigenvalue weighted by Crippen LogP contribution is -2.48. The van der Waals surface area contributed by atoms with E-state index in [1.54, 1.807) is 25.1 Å². The molecule has 0 aliphatic rings. The van der Waals surface area contributed by atoms with E-state index < -0.39 is 16.9 Å². The highest BCUT2D eigenvalue weighted by atomic mass is 79.9. The number of nitrogens with one attached hydrogen (secondary N) is 3. The second kappa shape index (κ2) is 9.49. The van der Waals surface area contributed by atoms with Crippen molar-refractivity contribution in [3.8, 4) is 5.75 Å². The summed E-state index contributed by atoms with van der Waals surface area (Å²) < 4.78 is 6.31. The molecule has 0 radical (unpaired) electrons. The van der Waals surface area contributed by atoms with Gasteiger partial charge in [-0.25, -0.2) is 0 Å². The van der Waals surface area contributed by atoms with Gasteiger partial charge in [0.2, 0.25) is 0 Å². The molecule has 3 N–H and O–H groups in total. The van der Waals surface area contributed by atoms with Crippen LogP contribution in [0.1, 0.15) is 6.92 Å². The van der Waals surface area contributed by atoms with Gasteiger partial charge in [-0.3, -0.25) is 25.8 Å². The van der Waals surface area contributed by atoms with Crippen LogP contribution in [0.25, 0.3) is 0 Å². The first kappa shape index (κ1) is 20.9. The smallest absolute Gasteiger partial charge is 0.279 e. The Morgan fingerprint density at radius 1 is 1.26 bits per heavy atom. The molecule has 2 aromatic rings. The lowest BCUT2D eigenvalue weighted by molar-refractivity contribution is -0.384. The molecule has 8 nitrogen and oxygen atoms in total. The molecule has 0 aromatic heterocycles. The number of hydrogen-bond donors (Lipinski definition) is 3. The monoisotopic (exact) mass is 472 g/mol. The van der Waals surface area contributed by atoms with E-state index >= 15 is 0 Å². The Bertz CT molecular complexity index is 866. The number of nitrogens with zero attached hydrogens (tertiary/aromatic N) is 1. The van der Waals surface area contributed by atoms with Gasteiger partial charge in [0.15, 0.2) is 11.2 Å². The third-order valence-corrected chi connectivity index (χ3v) is 4.19. The number of rotatable bonds is 5. The highest BCUT2D eigenvalue weighted by molar-refractivity contribution is 9.10. The number of non-ortho nitro benzene ring substituents is 1. The van der Waals surface area contributed by atoms with Crippen molar-refractivity contribution in [1.82, 2.24) is 10.9 Å². The summed E-state index contributed by atoms with van der Waals surface area (Å²) in [6.45, 7) is 1.56. The molecule has 27 heavy (non-hydrogen) atoms. The van der Waals surface area contributed by atoms with Gasteiger partial charge in [0, 0.05) is 22.3 Å². The summed E-state index contributed by atoms with van der Waals surface area (Å²) in [5.74, 6) is -0.101. The lowest BCUT2D eigenvalue weighted by Gasteiger charge is -2.17. The second-order valence-corrected chi connectivity index (χ2v) is 6.94. The van der Waals surface area contributed by atoms with Crippen molar-refractivity contribution in [2.45, 2.75) is 13.0 Å². The van der Waals surface area contributed by atoms with Gasteiger partial charge in [-0.1, -0.05) is 27.5 Å². The van der Waals surface area contributed by atoms with Crippen LogP contribution in [0.3, 0.4) is 0 Å². The maximum absolute atomic E-state index is 12.1. The molecule has 142 valence electrons. The summed E-state index contributed by atoms with van der Waals surface area (Å²) in [6, 6.07) is 10.7. The standard InChI is InChI=1S/C16H14BrClN4O4S/c1-9(26-14-7-2-10(17)8-13(14)18)15(23)20-21-16(27)19-11-3-5-12(6-4-11)22(24)25/h2-9H,1H3,(H,20,23)(H2,19,21,27)/t9-/m0/s1. The minimum atomic E-state index is -0.835. The number of ether oxygens (including phenoxy) is 1. The van der Waals surface area contributed by atoms with Gasteiger partial charge in [0.25, 0.3) is 11.6 Å². The fraction of sp³-hybridized carbons (Fsp3) is 0.125. The van der Waals surface area contributed by atoms with Crippen LogP contribution in [0.5, 0.6) is 5.75 Å². The maximum atomic E-state index is 12.1. The van der Waals surface area contributed by atoms with Gasteiger partial charge in [-0.05, 0) is 49.5 Å². The van der Waals surface area contributed by atoms with Gasteiger partial charge in [0.1, 0.15) is 5.75 Å². The molecule has 2 aromatic carbocycles. The molecular weight excluding hydrogens is 460 g/mol. The van der Waals surface area contributed by atoms with Crippen LogP contribution < -0.4 is 20.9 Å². The molecule has 0 heterocycles. The zero-order chi connectivity index (χ0) is 20.0. The van der Waals surface area contributed by atoms with Crippen LogP contribution in [-0.4, -0.2) is 22.0 Å². The molecule has 1 amide bonds. The van der Waals surface area contributed by atoms with E-state index in [1.165, 1.54) is 24.3 Å². The Kier molecular flexibility index (Phi) is 7.34. The number of hydrogen-bond acceptors (Lipinski definition) is 5. The molecule has 0 unspecified atom stereocenters. The predicted molar refractivity (Wildman–Crippen MR) is 110 cm³/mol. The Morgan fingerprint density at radius 3 is 2.52 bits per heavy atom. The summed E-state index contributed by atoms with van der Waals surface area (Å²) in [6.07, 6.45) is -0.835. The van der Waals surface area contributed by atoms with Crippen LogP contribution in [-0.2, 0) is 4.79 Å². The van der Waals surface area contributed by atoms with E-state index in [1.807, 2.05) is 0 Å². The van der Waals surface area contributed by atoms with Crippen molar-refractivity contribution >= 4 is 62.1 Å². The highest BCUT2D eigenvalue weighted by Gasteiger charge is 2.16. The number of benzene rings is 2. The summed E-state index contributed by atoms with van der Waals surface area (Å²) in [5, 5.41) is 13.9. The quantitative estimate of drug-likeness (QED) is 0.345. The number of nitro benzene ring substituents is 1. The number of amides is 1. The van der Waals surface area contributed by atoms with E-state index in [4.69, 9.17) is 28.6 Å². The number of thiocarbonyl (C=S) groups is 1. The van der Waals surface area contributed by atoms with Crippen molar-refractivity contribution in [3.63, 3.8) is 0 Å². The van der Waals surface area contributed by atoms with Gasteiger partial charge in [0.05, 0.1) is 9.95 Å². The van der Waals surface area contributed by atoms with Gasteiger partial charge < -0.3 is 10.1 Å². The Labute approximate surface area is 173 Å². The minimum absolute atomic E-state index is 0.0368. The first-order valence-electron chi connectivity index (χ1n) is 7.49. The van der Waals surface area contributed by atoms with Crippen LogP contribution in [0.15, 0.2) is 46.9 Å². The van der Waals surface area contributed by atoms with Gasteiger partial charge >= 0.3 is 0 Å². The molecule has 0 aliphatic carbocycles. The van der Waals surface area contributed by atoms with Crippen molar-refractivity contribution < 1.29 is 14.5 Å². The second-order valence-electron chi connectivity index (χ2n) is 5.21. The average Bonchev–Trinajstić information content (AvgIpc) is 2.62. The van der Waals surface area contributed by atoms with Gasteiger partial charge in [-0.2, -0.15) is 0 Å². The van der Waals surface area contributed by atoms with Gasteiger partial charge in [-0.15, -0.1) is 0 Å². The largest absolute Gasteiger partial charge is 0.479 e. The number of carbonyl (C=O) groups excluding carboxylic acids is 1. The Balaban J connectivity index is 1.83. The van der Waals surface area contributed by atoms with Crippen LogP contribution >= 0.6 is 39.7 Å². The van der Waals surface area contributed by atoms with E-state index in [0.29, 0.717) is 16.5 Å². The van der Waals surface area contributed by atoms with Crippen molar-refractivity contribution in [1.29, 1.82) is 0 Å². The number of hydrazine groups is 1. The average molecular weight is 474 g/mol. The molecule has 0 spiro atoms. The van der Waals surface area contributed by atoms with Crippen LogP contribution in [0, 0.1) is 10.1 Å². The molecule has 0 aliphatic heterocycles. The summed E-state index contributed by atoms with van der Waals surface area (Å²) in [4.78, 5) is 22.2. The summed E-state index contributed by atoms with van der Waals surface area (Å²) in [7, 11) is 0. The van der Waals surface area contributed by atoms with E-state index in [2.05, 4.69) is 32.1 Å². The molecule has 0 saturated carbocycles. The van der Waals surface area contributed by atoms with Crippen molar-refractivity contribution in [3.05, 3.63) is 62.1 Å². The van der Waals surface area contributed by atoms with Crippen LogP contribution in [0.4, 0.5) is 11.4 Å². The van der Waals surface area contributed by atoms with E-state index in [0.717, 1.165) is 4.47 Å². The number of anilines is 1. The topological polar surface area (TPSA) is 106 Å². The molecule has 2 rings (SSSR count). The normalized spacial score (nSPS) is 11.2. The summed E-state index contributed by atoms with van der Waals surface area (Å²) >= 11 is 14.4. The zero-order valence-corrected chi connectivity index (χ0v) is 17.0. The van der Waals surface area contributed by atoms with Crippen molar-refractivity contribution in [2.24, 2.45) is 0 Å². The predicted octanol–water partition coefficient (Wildman–Crippen LogP) is 3.80.